The predicted octanol–water partition coefficient (Wildman–Crippen LogP) is 7.07. The maximum Gasteiger partial charge on any atom is 0.584 e. The van der Waals surface area contributed by atoms with Crippen LogP contribution in [0.5, 0.6) is 11.5 Å². The van der Waals surface area contributed by atoms with Crippen molar-refractivity contribution in [2.75, 3.05) is 0 Å². The Morgan fingerprint density at radius 3 is 1.53 bits per heavy atom. The normalized spacial score (nSPS) is 18.1. The van der Waals surface area contributed by atoms with Crippen LogP contribution in [0.3, 0.4) is 0 Å². The van der Waals surface area contributed by atoms with E-state index in [9.17, 15) is 9.46 Å². The molecule has 3 aliphatic rings. The molecule has 0 radical (unpaired) electrons. The lowest BCUT2D eigenvalue weighted by molar-refractivity contribution is 0.281. The summed E-state index contributed by atoms with van der Waals surface area (Å²) in [6, 6.07) is 28.2. The zero-order chi connectivity index (χ0) is 22.9. The van der Waals surface area contributed by atoms with Crippen LogP contribution in [0.4, 0.5) is 0 Å². The lowest BCUT2D eigenvalue weighted by atomic mass is 9.74. The fourth-order valence-electron chi connectivity index (χ4n) is 6.29. The van der Waals surface area contributed by atoms with Crippen LogP contribution in [0.15, 0.2) is 84.9 Å². The molecular formula is C29H23O4P. The van der Waals surface area contributed by atoms with Gasteiger partial charge < -0.3 is 9.05 Å². The van der Waals surface area contributed by atoms with Crippen molar-refractivity contribution in [1.29, 1.82) is 0 Å². The molecule has 2 aliphatic carbocycles. The number of rotatable bonds is 2. The van der Waals surface area contributed by atoms with Gasteiger partial charge in [0.05, 0.1) is 0 Å². The van der Waals surface area contributed by atoms with E-state index in [0.717, 1.165) is 59.1 Å². The number of aryl methyl sites for hydroxylation is 2. The molecular weight excluding hydrogens is 443 g/mol. The third-order valence-corrected chi connectivity index (χ3v) is 8.50. The molecule has 1 heterocycles. The predicted molar refractivity (Wildman–Crippen MR) is 132 cm³/mol. The molecule has 0 saturated heterocycles. The van der Waals surface area contributed by atoms with Gasteiger partial charge in [0, 0.05) is 27.7 Å². The van der Waals surface area contributed by atoms with Crippen molar-refractivity contribution in [2.24, 2.45) is 0 Å². The molecule has 5 heteroatoms. The van der Waals surface area contributed by atoms with Crippen LogP contribution in [0.2, 0.25) is 0 Å². The summed E-state index contributed by atoms with van der Waals surface area (Å²) in [4.78, 5) is 11.0. The monoisotopic (exact) mass is 466 g/mol. The van der Waals surface area contributed by atoms with Gasteiger partial charge in [-0.05, 0) is 47.9 Å². The van der Waals surface area contributed by atoms with Crippen LogP contribution in [0.25, 0.3) is 22.3 Å². The molecule has 1 spiro atoms. The van der Waals surface area contributed by atoms with Gasteiger partial charge in [0.2, 0.25) is 0 Å². The average Bonchev–Trinajstić information content (AvgIpc) is 3.41. The summed E-state index contributed by atoms with van der Waals surface area (Å²) in [6.07, 6.45) is 3.69. The van der Waals surface area contributed by atoms with Gasteiger partial charge in [-0.25, -0.2) is 4.57 Å². The van der Waals surface area contributed by atoms with Gasteiger partial charge in [0.1, 0.15) is 11.5 Å². The number of phosphoric acid groups is 1. The fraction of sp³-hybridized carbons (Fsp3) is 0.172. The van der Waals surface area contributed by atoms with Crippen molar-refractivity contribution in [2.45, 2.75) is 31.1 Å². The van der Waals surface area contributed by atoms with E-state index < -0.39 is 7.82 Å². The van der Waals surface area contributed by atoms with Crippen molar-refractivity contribution in [3.8, 4) is 33.8 Å². The molecule has 0 aromatic heterocycles. The Morgan fingerprint density at radius 1 is 0.647 bits per heavy atom. The minimum Gasteiger partial charge on any atom is -0.394 e. The van der Waals surface area contributed by atoms with Gasteiger partial charge >= 0.3 is 7.82 Å². The second-order valence-corrected chi connectivity index (χ2v) is 10.7. The first-order chi connectivity index (χ1) is 16.6. The summed E-state index contributed by atoms with van der Waals surface area (Å²) in [5.74, 6) is 0.992. The molecule has 0 atom stereocenters. The number of hydrogen-bond acceptors (Lipinski definition) is 3. The van der Waals surface area contributed by atoms with E-state index in [1.165, 1.54) is 11.1 Å². The van der Waals surface area contributed by atoms with Gasteiger partial charge in [-0.15, -0.1) is 0 Å². The highest BCUT2D eigenvalue weighted by Gasteiger charge is 2.52. The fourth-order valence-corrected chi connectivity index (χ4v) is 7.17. The Hall–Kier alpha value is -3.33. The first-order valence-corrected chi connectivity index (χ1v) is 13.2. The van der Waals surface area contributed by atoms with E-state index in [1.54, 1.807) is 0 Å². The third kappa shape index (κ3) is 2.79. The molecule has 0 bridgehead atoms. The first-order valence-electron chi connectivity index (χ1n) is 11.7. The molecule has 0 unspecified atom stereocenters. The van der Waals surface area contributed by atoms with Crippen molar-refractivity contribution in [3.63, 3.8) is 0 Å². The largest absolute Gasteiger partial charge is 0.584 e. The Bertz CT molecular complexity index is 1380. The van der Waals surface area contributed by atoms with Crippen LogP contribution in [0, 0.1) is 0 Å². The van der Waals surface area contributed by atoms with Crippen molar-refractivity contribution >= 4 is 7.82 Å². The molecule has 0 amide bonds. The number of phosphoric ester groups is 1. The van der Waals surface area contributed by atoms with Gasteiger partial charge in [-0.3, -0.25) is 4.89 Å². The van der Waals surface area contributed by atoms with E-state index in [2.05, 4.69) is 12.1 Å². The third-order valence-electron chi connectivity index (χ3n) is 7.67. The van der Waals surface area contributed by atoms with E-state index >= 15 is 0 Å². The van der Waals surface area contributed by atoms with Gasteiger partial charge in [-0.1, -0.05) is 84.9 Å². The standard InChI is InChI=1S/C29H23O4P/c30-34(31)32-27-23(19-7-3-1-4-8-19)13-11-21-15-17-29(25(21)27)18-16-22-12-14-24(28(33-34)26(22)29)20-9-5-2-6-10-20/h1-14H,15-18H2,(H,30,31). The van der Waals surface area contributed by atoms with E-state index in [-0.39, 0.29) is 5.41 Å². The van der Waals surface area contributed by atoms with E-state index in [0.29, 0.717) is 11.5 Å². The van der Waals surface area contributed by atoms with Crippen molar-refractivity contribution < 1.29 is 18.5 Å². The van der Waals surface area contributed by atoms with Gasteiger partial charge in [-0.2, -0.15) is 0 Å². The Balaban J connectivity index is 1.56. The zero-order valence-corrected chi connectivity index (χ0v) is 19.4. The van der Waals surface area contributed by atoms with Crippen molar-refractivity contribution in [3.05, 3.63) is 107 Å². The molecule has 168 valence electrons. The zero-order valence-electron chi connectivity index (χ0n) is 18.5. The second kappa shape index (κ2) is 7.09. The Labute approximate surface area is 198 Å². The number of benzene rings is 4. The maximum atomic E-state index is 13.5. The minimum absolute atomic E-state index is 0.286. The molecule has 4 aromatic rings. The lowest BCUT2D eigenvalue weighted by Gasteiger charge is -2.34. The van der Waals surface area contributed by atoms with E-state index in [4.69, 9.17) is 9.05 Å². The quantitative estimate of drug-likeness (QED) is 0.321. The highest BCUT2D eigenvalue weighted by Crippen LogP contribution is 2.65. The molecule has 1 aliphatic heterocycles. The molecule has 7 rings (SSSR count). The van der Waals surface area contributed by atoms with Crippen LogP contribution in [0.1, 0.15) is 35.1 Å². The van der Waals surface area contributed by atoms with Crippen LogP contribution < -0.4 is 9.05 Å². The Morgan fingerprint density at radius 2 is 1.09 bits per heavy atom. The molecule has 0 fully saturated rings. The van der Waals surface area contributed by atoms with Gasteiger partial charge in [0.25, 0.3) is 0 Å². The average molecular weight is 466 g/mol. The Kier molecular flexibility index (Phi) is 4.18. The lowest BCUT2D eigenvalue weighted by Crippen LogP contribution is -2.25. The van der Waals surface area contributed by atoms with Crippen molar-refractivity contribution in [1.82, 2.24) is 0 Å². The molecule has 1 N–H and O–H groups in total. The molecule has 4 nitrogen and oxygen atoms in total. The highest BCUT2D eigenvalue weighted by molar-refractivity contribution is 7.48. The smallest absolute Gasteiger partial charge is 0.394 e. The summed E-state index contributed by atoms with van der Waals surface area (Å²) >= 11 is 0. The first kappa shape index (κ1) is 20.1. The van der Waals surface area contributed by atoms with E-state index in [1.807, 2.05) is 72.8 Å². The van der Waals surface area contributed by atoms with Gasteiger partial charge in [0.15, 0.2) is 0 Å². The minimum atomic E-state index is -4.46. The molecule has 34 heavy (non-hydrogen) atoms. The molecule has 4 aromatic carbocycles. The molecule has 0 saturated carbocycles. The summed E-state index contributed by atoms with van der Waals surface area (Å²) in [5.41, 5.74) is 7.81. The summed E-state index contributed by atoms with van der Waals surface area (Å²) < 4.78 is 25.5. The maximum absolute atomic E-state index is 13.5. The van der Waals surface area contributed by atoms with Crippen LogP contribution in [-0.4, -0.2) is 4.89 Å². The summed E-state index contributed by atoms with van der Waals surface area (Å²) in [5, 5.41) is 0. The summed E-state index contributed by atoms with van der Waals surface area (Å²) in [7, 11) is -4.46. The second-order valence-electron chi connectivity index (χ2n) is 9.42. The number of hydrogen-bond donors (Lipinski definition) is 1. The summed E-state index contributed by atoms with van der Waals surface area (Å²) in [6.45, 7) is 0. The SMILES string of the molecule is O=P1(O)Oc2c(-c3ccccc3)ccc3c2C2(CC3)CCc3ccc(-c4ccccc4)c(c32)O1. The highest BCUT2D eigenvalue weighted by atomic mass is 31.2. The van der Waals surface area contributed by atoms with Crippen LogP contribution in [-0.2, 0) is 22.8 Å². The topological polar surface area (TPSA) is 55.8 Å². The van der Waals surface area contributed by atoms with Crippen LogP contribution >= 0.6 is 7.82 Å².